The minimum atomic E-state index is -0.314. The maximum Gasteiger partial charge on any atom is 0.338 e. The lowest BCUT2D eigenvalue weighted by Gasteiger charge is -2.09. The van der Waals surface area contributed by atoms with E-state index in [1.165, 1.54) is 11.3 Å². The van der Waals surface area contributed by atoms with Crippen molar-refractivity contribution >= 4 is 23.6 Å². The fourth-order valence-corrected chi connectivity index (χ4v) is 2.55. The van der Waals surface area contributed by atoms with Crippen molar-refractivity contribution < 1.29 is 14.3 Å². The molecule has 0 spiro atoms. The van der Waals surface area contributed by atoms with Crippen LogP contribution in [-0.2, 0) is 4.74 Å². The third kappa shape index (κ3) is 3.74. The summed E-state index contributed by atoms with van der Waals surface area (Å²) in [6, 6.07) is 8.91. The molecular weight excluding hydrogens is 274 g/mol. The highest BCUT2D eigenvalue weighted by molar-refractivity contribution is 7.09. The number of rotatable bonds is 6. The van der Waals surface area contributed by atoms with Crippen molar-refractivity contribution in [3.63, 3.8) is 0 Å². The Labute approximate surface area is 121 Å². The zero-order valence-electron chi connectivity index (χ0n) is 11.1. The van der Waals surface area contributed by atoms with E-state index in [1.807, 2.05) is 13.0 Å². The summed E-state index contributed by atoms with van der Waals surface area (Å²) in [7, 11) is 0. The number of carbonyl (C=O) groups is 2. The van der Waals surface area contributed by atoms with Crippen molar-refractivity contribution in [3.05, 3.63) is 52.0 Å². The van der Waals surface area contributed by atoms with Gasteiger partial charge in [0.05, 0.1) is 17.2 Å². The Morgan fingerprint density at radius 2 is 2.15 bits per heavy atom. The third-order valence-electron chi connectivity index (χ3n) is 2.88. The molecule has 0 bridgehead atoms. The molecule has 5 heteroatoms. The quantitative estimate of drug-likeness (QED) is 0.604. The number of thiazole rings is 1. The molecule has 2 aromatic rings. The average molecular weight is 289 g/mol. The van der Waals surface area contributed by atoms with Crippen LogP contribution in [0.5, 0.6) is 0 Å². The topological polar surface area (TPSA) is 56.3 Å². The van der Waals surface area contributed by atoms with Gasteiger partial charge in [-0.1, -0.05) is 25.1 Å². The minimum absolute atomic E-state index is 0.164. The monoisotopic (exact) mass is 289 g/mol. The standard InChI is InChI=1S/C15H15NO3S/c1-11(14-16-13(9-17)10-20-14)7-8-19-15(18)12-5-3-2-4-6-12/h2-6,9-11H,7-8H2,1H3. The van der Waals surface area contributed by atoms with Crippen molar-refractivity contribution in [2.24, 2.45) is 0 Å². The van der Waals surface area contributed by atoms with Gasteiger partial charge in [0.25, 0.3) is 0 Å². The summed E-state index contributed by atoms with van der Waals surface area (Å²) < 4.78 is 5.22. The zero-order chi connectivity index (χ0) is 14.4. The first-order valence-corrected chi connectivity index (χ1v) is 7.21. The first-order chi connectivity index (χ1) is 9.70. The average Bonchev–Trinajstić information content (AvgIpc) is 2.97. The van der Waals surface area contributed by atoms with Crippen LogP contribution in [0.3, 0.4) is 0 Å². The van der Waals surface area contributed by atoms with Crippen LogP contribution < -0.4 is 0 Å². The van der Waals surface area contributed by atoms with E-state index >= 15 is 0 Å². The number of carbonyl (C=O) groups excluding carboxylic acids is 2. The minimum Gasteiger partial charge on any atom is -0.462 e. The Balaban J connectivity index is 1.81. The second kappa shape index (κ2) is 6.96. The lowest BCUT2D eigenvalue weighted by molar-refractivity contribution is 0.0494. The van der Waals surface area contributed by atoms with Gasteiger partial charge in [0, 0.05) is 11.3 Å². The SMILES string of the molecule is CC(CCOC(=O)c1ccccc1)c1nc(C=O)cs1. The molecule has 0 aliphatic carbocycles. The van der Waals surface area contributed by atoms with Gasteiger partial charge in [0.2, 0.25) is 0 Å². The molecule has 20 heavy (non-hydrogen) atoms. The Kier molecular flexibility index (Phi) is 5.01. The number of ether oxygens (including phenoxy) is 1. The van der Waals surface area contributed by atoms with Gasteiger partial charge in [-0.25, -0.2) is 9.78 Å². The summed E-state index contributed by atoms with van der Waals surface area (Å²) in [4.78, 5) is 26.5. The molecule has 1 aromatic heterocycles. The number of aldehydes is 1. The van der Waals surface area contributed by atoms with Gasteiger partial charge in [0.1, 0.15) is 5.69 Å². The van der Waals surface area contributed by atoms with Gasteiger partial charge in [0.15, 0.2) is 6.29 Å². The summed E-state index contributed by atoms with van der Waals surface area (Å²) in [6.07, 6.45) is 1.42. The number of hydrogen-bond donors (Lipinski definition) is 0. The maximum atomic E-state index is 11.7. The molecule has 0 saturated carbocycles. The van der Waals surface area contributed by atoms with Crippen LogP contribution in [0.4, 0.5) is 0 Å². The van der Waals surface area contributed by atoms with E-state index in [-0.39, 0.29) is 11.9 Å². The summed E-state index contributed by atoms with van der Waals surface area (Å²) in [5.41, 5.74) is 1.01. The van der Waals surface area contributed by atoms with E-state index in [9.17, 15) is 9.59 Å². The first kappa shape index (κ1) is 14.4. The van der Waals surface area contributed by atoms with Gasteiger partial charge in [-0.3, -0.25) is 4.79 Å². The van der Waals surface area contributed by atoms with E-state index < -0.39 is 0 Å². The first-order valence-electron chi connectivity index (χ1n) is 6.33. The Morgan fingerprint density at radius 1 is 1.40 bits per heavy atom. The van der Waals surface area contributed by atoms with Gasteiger partial charge >= 0.3 is 5.97 Å². The lowest BCUT2D eigenvalue weighted by atomic mass is 10.1. The predicted molar refractivity (Wildman–Crippen MR) is 77.3 cm³/mol. The third-order valence-corrected chi connectivity index (χ3v) is 3.97. The molecule has 0 radical (unpaired) electrons. The number of hydrogen-bond acceptors (Lipinski definition) is 5. The summed E-state index contributed by atoms with van der Waals surface area (Å²) in [6.45, 7) is 2.34. The molecule has 1 unspecified atom stereocenters. The number of aromatic nitrogens is 1. The second-order valence-corrected chi connectivity index (χ2v) is 5.31. The van der Waals surface area contributed by atoms with E-state index in [0.29, 0.717) is 24.3 Å². The van der Waals surface area contributed by atoms with Crippen LogP contribution in [0.2, 0.25) is 0 Å². The fourth-order valence-electron chi connectivity index (χ4n) is 1.69. The van der Waals surface area contributed by atoms with Crippen LogP contribution in [0, 0.1) is 0 Å². The lowest BCUT2D eigenvalue weighted by Crippen LogP contribution is -2.08. The molecule has 0 N–H and O–H groups in total. The van der Waals surface area contributed by atoms with Gasteiger partial charge < -0.3 is 4.74 Å². The Bertz CT molecular complexity index is 580. The van der Waals surface area contributed by atoms with Crippen molar-refractivity contribution in [1.82, 2.24) is 4.98 Å². The molecule has 1 atom stereocenters. The van der Waals surface area contributed by atoms with Gasteiger partial charge in [-0.2, -0.15) is 0 Å². The number of nitrogens with zero attached hydrogens (tertiary/aromatic N) is 1. The number of esters is 1. The molecule has 0 fully saturated rings. The molecule has 1 aromatic carbocycles. The van der Waals surface area contributed by atoms with Gasteiger partial charge in [-0.15, -0.1) is 11.3 Å². The molecule has 4 nitrogen and oxygen atoms in total. The van der Waals surface area contributed by atoms with Crippen molar-refractivity contribution in [3.8, 4) is 0 Å². The molecule has 0 amide bonds. The molecule has 0 saturated heterocycles. The summed E-state index contributed by atoms with van der Waals surface area (Å²) >= 11 is 1.45. The van der Waals surface area contributed by atoms with Crippen molar-refractivity contribution in [2.45, 2.75) is 19.3 Å². The Morgan fingerprint density at radius 3 is 2.80 bits per heavy atom. The second-order valence-electron chi connectivity index (χ2n) is 4.42. The smallest absolute Gasteiger partial charge is 0.338 e. The highest BCUT2D eigenvalue weighted by atomic mass is 32.1. The maximum absolute atomic E-state index is 11.7. The molecule has 1 heterocycles. The molecule has 2 rings (SSSR count). The molecule has 0 aliphatic rings. The van der Waals surface area contributed by atoms with Gasteiger partial charge in [-0.05, 0) is 18.6 Å². The van der Waals surface area contributed by atoms with Crippen LogP contribution in [0.25, 0.3) is 0 Å². The zero-order valence-corrected chi connectivity index (χ0v) is 11.9. The van der Waals surface area contributed by atoms with E-state index in [1.54, 1.807) is 29.6 Å². The van der Waals surface area contributed by atoms with E-state index in [2.05, 4.69) is 4.98 Å². The highest BCUT2D eigenvalue weighted by Crippen LogP contribution is 2.22. The summed E-state index contributed by atoms with van der Waals surface area (Å²) in [5.74, 6) is -0.150. The number of benzene rings is 1. The van der Waals surface area contributed by atoms with E-state index in [4.69, 9.17) is 4.74 Å². The molecule has 104 valence electrons. The van der Waals surface area contributed by atoms with Crippen LogP contribution in [0.1, 0.15) is 45.1 Å². The van der Waals surface area contributed by atoms with Crippen LogP contribution >= 0.6 is 11.3 Å². The molecule has 0 aliphatic heterocycles. The van der Waals surface area contributed by atoms with Crippen LogP contribution in [-0.4, -0.2) is 23.8 Å². The van der Waals surface area contributed by atoms with E-state index in [0.717, 1.165) is 11.3 Å². The normalized spacial score (nSPS) is 11.8. The largest absolute Gasteiger partial charge is 0.462 e. The predicted octanol–water partition coefficient (Wildman–Crippen LogP) is 3.31. The molecular formula is C15H15NO3S. The Hall–Kier alpha value is -2.01. The fraction of sp³-hybridized carbons (Fsp3) is 0.267. The van der Waals surface area contributed by atoms with Crippen molar-refractivity contribution in [2.75, 3.05) is 6.61 Å². The highest BCUT2D eigenvalue weighted by Gasteiger charge is 2.12. The van der Waals surface area contributed by atoms with Crippen molar-refractivity contribution in [1.29, 1.82) is 0 Å². The van der Waals surface area contributed by atoms with Crippen LogP contribution in [0.15, 0.2) is 35.7 Å². The summed E-state index contributed by atoms with van der Waals surface area (Å²) in [5, 5.41) is 2.62.